The minimum absolute atomic E-state index is 0.0318. The van der Waals surface area contributed by atoms with E-state index in [0.717, 1.165) is 6.92 Å². The lowest BCUT2D eigenvalue weighted by Gasteiger charge is -2.67. The zero-order valence-electron chi connectivity index (χ0n) is 42.6. The second-order valence-electron chi connectivity index (χ2n) is 21.1. The van der Waals surface area contributed by atoms with Crippen molar-refractivity contribution in [3.05, 3.63) is 83.1 Å². The van der Waals surface area contributed by atoms with E-state index in [9.17, 15) is 58.8 Å². The molecule has 11 atom stereocenters. The fourth-order valence-electron chi connectivity index (χ4n) is 11.0. The Morgan fingerprint density at radius 1 is 0.824 bits per heavy atom. The van der Waals surface area contributed by atoms with Crippen molar-refractivity contribution >= 4 is 53.7 Å². The number of alkyl carbamates (subject to hydrolysis) is 1. The van der Waals surface area contributed by atoms with E-state index >= 15 is 4.79 Å². The number of hydrogen-bond donors (Lipinski definition) is 5. The molecule has 4 aliphatic rings. The predicted molar refractivity (Wildman–Crippen MR) is 254 cm³/mol. The molecule has 3 aliphatic carbocycles. The lowest BCUT2D eigenvalue weighted by atomic mass is 9.45. The minimum atomic E-state index is -2.60. The van der Waals surface area contributed by atoms with Gasteiger partial charge in [-0.3, -0.25) is 28.8 Å². The number of aliphatic hydroxyl groups is 2. The molecule has 0 spiro atoms. The average molecular weight is 1040 g/mol. The van der Waals surface area contributed by atoms with Crippen molar-refractivity contribution in [1.29, 1.82) is 0 Å². The average Bonchev–Trinajstić information content (AvgIpc) is 3.30. The number of hydrogen-bond acceptors (Lipinski definition) is 18. The van der Waals surface area contributed by atoms with Gasteiger partial charge in [0, 0.05) is 56.8 Å². The summed E-state index contributed by atoms with van der Waals surface area (Å²) in [5, 5.41) is 47.2. The van der Waals surface area contributed by atoms with Gasteiger partial charge in [-0.05, 0) is 63.8 Å². The first kappa shape index (κ1) is 56.6. The second kappa shape index (κ2) is 22.0. The van der Waals surface area contributed by atoms with Gasteiger partial charge in [0.15, 0.2) is 17.5 Å². The van der Waals surface area contributed by atoms with Gasteiger partial charge in [0.05, 0.1) is 29.5 Å². The highest BCUT2D eigenvalue weighted by Crippen LogP contribution is 2.65. The molecule has 2 bridgehead atoms. The van der Waals surface area contributed by atoms with Crippen LogP contribution >= 0.6 is 0 Å². The number of benzene rings is 2. The third-order valence-corrected chi connectivity index (χ3v) is 14.6. The number of allylic oxidation sites excluding steroid dienone is 1. The first-order chi connectivity index (χ1) is 34.6. The van der Waals surface area contributed by atoms with Crippen LogP contribution in [0.1, 0.15) is 129 Å². The molecule has 2 aromatic rings. The van der Waals surface area contributed by atoms with E-state index in [1.165, 1.54) is 52.0 Å². The number of aliphatic hydroxyl groups excluding tert-OH is 1. The van der Waals surface area contributed by atoms with Crippen LogP contribution in [0, 0.1) is 22.7 Å². The van der Waals surface area contributed by atoms with Gasteiger partial charge in [-0.2, -0.15) is 0 Å². The summed E-state index contributed by atoms with van der Waals surface area (Å²) >= 11 is 0. The number of carboxylic acid groups (broad SMARTS) is 2. The summed E-state index contributed by atoms with van der Waals surface area (Å²) in [6, 6.07) is 14.0. The van der Waals surface area contributed by atoms with Crippen molar-refractivity contribution in [2.24, 2.45) is 22.7 Å². The van der Waals surface area contributed by atoms with E-state index in [-0.39, 0.29) is 36.0 Å². The number of ether oxygens (including phenoxy) is 7. The van der Waals surface area contributed by atoms with Crippen LogP contribution in [-0.4, -0.2) is 128 Å². The summed E-state index contributed by atoms with van der Waals surface area (Å²) in [4.78, 5) is 123. The molecule has 21 heteroatoms. The van der Waals surface area contributed by atoms with Crippen LogP contribution < -0.4 is 5.32 Å². The highest BCUT2D eigenvalue weighted by Gasteiger charge is 2.79. The Labute approximate surface area is 427 Å². The monoisotopic (exact) mass is 1040 g/mol. The molecule has 1 amide bonds. The third-order valence-electron chi connectivity index (χ3n) is 14.6. The Kier molecular flexibility index (Phi) is 16.8. The zero-order chi connectivity index (χ0) is 54.7. The van der Waals surface area contributed by atoms with Crippen molar-refractivity contribution in [2.75, 3.05) is 6.61 Å². The topological polar surface area (TPSA) is 311 Å². The molecule has 3 unspecified atom stereocenters. The molecule has 21 nitrogen and oxygen atoms in total. The maximum absolute atomic E-state index is 16.3. The van der Waals surface area contributed by atoms with E-state index in [0.29, 0.717) is 0 Å². The molecule has 6 rings (SSSR count). The van der Waals surface area contributed by atoms with Crippen LogP contribution in [0.15, 0.2) is 72.0 Å². The number of carbonyl (C=O) groups excluding carboxylic acids is 7. The van der Waals surface area contributed by atoms with E-state index in [1.807, 2.05) is 0 Å². The fraction of sp³-hybridized carbons (Fsp3) is 0.566. The summed E-state index contributed by atoms with van der Waals surface area (Å²) < 4.78 is 42.4. The van der Waals surface area contributed by atoms with Crippen LogP contribution in [-0.2, 0) is 66.7 Å². The number of amides is 1. The predicted octanol–water partition coefficient (Wildman–Crippen LogP) is 5.08. The number of fused-ring (bicyclic) bond motifs is 5. The van der Waals surface area contributed by atoms with Crippen LogP contribution in [0.25, 0.3) is 0 Å². The molecule has 5 N–H and O–H groups in total. The quantitative estimate of drug-likeness (QED) is 0.0960. The highest BCUT2D eigenvalue weighted by atomic mass is 16.6. The number of nitrogens with one attached hydrogen (secondary N) is 1. The van der Waals surface area contributed by atoms with Gasteiger partial charge in [-0.1, -0.05) is 69.3 Å². The Hall–Kier alpha value is -6.71. The largest absolute Gasteiger partial charge is 0.481 e. The molecule has 2 saturated carbocycles. The molecule has 1 aliphatic heterocycles. The van der Waals surface area contributed by atoms with Gasteiger partial charge >= 0.3 is 47.9 Å². The number of Topliss-reactive ketones (excluding diaryl/α,β-unsaturated/α-hetero) is 1. The summed E-state index contributed by atoms with van der Waals surface area (Å²) in [6.45, 7) is 11.2. The number of rotatable bonds is 18. The van der Waals surface area contributed by atoms with Gasteiger partial charge in [0.25, 0.3) is 0 Å². The number of esters is 5. The van der Waals surface area contributed by atoms with E-state index in [1.54, 1.807) is 57.2 Å². The Morgan fingerprint density at radius 3 is 1.95 bits per heavy atom. The van der Waals surface area contributed by atoms with Gasteiger partial charge in [0.1, 0.15) is 35.6 Å². The molecule has 402 valence electrons. The van der Waals surface area contributed by atoms with Gasteiger partial charge < -0.3 is 58.9 Å². The van der Waals surface area contributed by atoms with Crippen molar-refractivity contribution in [3.63, 3.8) is 0 Å². The van der Waals surface area contributed by atoms with E-state index in [2.05, 4.69) is 5.32 Å². The summed E-state index contributed by atoms with van der Waals surface area (Å²) in [6.07, 6.45) is -13.0. The highest BCUT2D eigenvalue weighted by molar-refractivity contribution is 6.02. The van der Waals surface area contributed by atoms with Gasteiger partial charge in [-0.15, -0.1) is 0 Å². The Morgan fingerprint density at radius 2 is 1.41 bits per heavy atom. The second-order valence-corrected chi connectivity index (χ2v) is 21.1. The Balaban J connectivity index is 1.60. The lowest BCUT2D eigenvalue weighted by molar-refractivity contribution is -0.346. The first-order valence-electron chi connectivity index (χ1n) is 24.4. The van der Waals surface area contributed by atoms with Crippen LogP contribution in [0.3, 0.4) is 0 Å². The lowest BCUT2D eigenvalue weighted by Crippen LogP contribution is -2.81. The third kappa shape index (κ3) is 11.5. The first-order valence-corrected chi connectivity index (χ1v) is 24.4. The van der Waals surface area contributed by atoms with Crippen molar-refractivity contribution in [1.82, 2.24) is 5.32 Å². The number of ketones is 1. The molecule has 1 saturated heterocycles. The Bertz CT molecular complexity index is 2540. The molecule has 0 aromatic heterocycles. The van der Waals surface area contributed by atoms with Crippen molar-refractivity contribution < 1.29 is 96.7 Å². The maximum Gasteiger partial charge on any atom is 0.408 e. The van der Waals surface area contributed by atoms with E-state index < -0.39 is 174 Å². The van der Waals surface area contributed by atoms with Gasteiger partial charge in [-0.25, -0.2) is 14.4 Å². The summed E-state index contributed by atoms with van der Waals surface area (Å²) in [5.41, 5.74) is -9.73. The summed E-state index contributed by atoms with van der Waals surface area (Å²) in [7, 11) is 0. The van der Waals surface area contributed by atoms with Crippen LogP contribution in [0.2, 0.25) is 0 Å². The smallest absolute Gasteiger partial charge is 0.408 e. The zero-order valence-corrected chi connectivity index (χ0v) is 42.6. The molecule has 74 heavy (non-hydrogen) atoms. The van der Waals surface area contributed by atoms with Gasteiger partial charge in [0.2, 0.25) is 5.78 Å². The standard InChI is InChI=1S/C53H65NO20/c1-28-32(69-47(65)41(62)40(30-17-11-9-12-18-30)54-48(66)74-49(3,4)5)26-53(67)45(72-46(64)31-19-13-10-14-20-31)43-51(8,44(63)42(39(28)50(53,6)7)71-38(61)24-16-22-36(58)59)33(70-37(60)23-15-21-35(56)57)25-34-52(43,27-68-34)73-29(2)55/h9-14,17-20,28,32-34,40-41,43,45,62,67H,15-16,21-27H2,1-8H3,(H,54,66)(H,56,57)(H,58,59)/t28?,32?,33?,34-,40+,41-,43+,45+,51-,52+,53-/m1/s1. The van der Waals surface area contributed by atoms with E-state index in [4.69, 9.17) is 33.2 Å². The van der Waals surface area contributed by atoms with Crippen LogP contribution in [0.5, 0.6) is 0 Å². The molecule has 1 heterocycles. The molecular formula is C53H65NO20. The maximum atomic E-state index is 16.3. The molecule has 2 aromatic carbocycles. The van der Waals surface area contributed by atoms with Crippen molar-refractivity contribution in [2.45, 2.75) is 160 Å². The normalized spacial score (nSPS) is 28.6. The fourth-order valence-corrected chi connectivity index (χ4v) is 11.0. The number of aliphatic carboxylic acids is 2. The molecule has 3 fully saturated rings. The number of carboxylic acids is 2. The number of carbonyl (C=O) groups is 9. The van der Waals surface area contributed by atoms with Crippen LogP contribution in [0.4, 0.5) is 4.79 Å². The molecule has 0 radical (unpaired) electrons. The van der Waals surface area contributed by atoms with Crippen molar-refractivity contribution in [3.8, 4) is 0 Å². The SMILES string of the molecule is CC(=O)O[C@@]12CO[C@@H]1CC(OC(=O)CCCC(=O)O)[C@@]1(C)C(=O)C(OC(=O)CCCC(=O)O)=C3C(C)C(OC(=O)[C@H](O)[C@@H](NC(=O)OC(C)(C)C)c4ccccc4)C[C@@](O)([C@@H](OC(=O)c4ccccc4)[C@H]21)C3(C)C. The summed E-state index contributed by atoms with van der Waals surface area (Å²) in [5.74, 6) is -12.6. The minimum Gasteiger partial charge on any atom is -0.481 e. The molecular weight excluding hydrogens is 971 g/mol.